The van der Waals surface area contributed by atoms with Crippen molar-refractivity contribution in [3.63, 3.8) is 0 Å². The second kappa shape index (κ2) is 4.77. The Bertz CT molecular complexity index is 511. The van der Waals surface area contributed by atoms with Gasteiger partial charge in [0.15, 0.2) is 0 Å². The number of hydrogen-bond acceptors (Lipinski definition) is 5. The molecule has 0 unspecified atom stereocenters. The molecule has 1 saturated carbocycles. The molecule has 0 saturated heterocycles. The van der Waals surface area contributed by atoms with Crippen LogP contribution in [0.15, 0.2) is 28.3 Å². The van der Waals surface area contributed by atoms with Crippen molar-refractivity contribution in [2.24, 2.45) is 5.92 Å². The SMILES string of the molecule is O=C(NC[C@@H]1C[C@H]1c1ccco1)Nc1nncs1. The highest BCUT2D eigenvalue weighted by Gasteiger charge is 2.40. The maximum atomic E-state index is 11.5. The molecule has 2 aromatic rings. The van der Waals surface area contributed by atoms with Gasteiger partial charge in [0, 0.05) is 12.5 Å². The monoisotopic (exact) mass is 264 g/mol. The van der Waals surface area contributed by atoms with E-state index in [-0.39, 0.29) is 6.03 Å². The van der Waals surface area contributed by atoms with Gasteiger partial charge < -0.3 is 9.73 Å². The molecule has 7 heteroatoms. The van der Waals surface area contributed by atoms with Crippen molar-refractivity contribution in [1.82, 2.24) is 15.5 Å². The first-order chi connectivity index (χ1) is 8.83. The molecule has 0 spiro atoms. The Labute approximate surface area is 107 Å². The van der Waals surface area contributed by atoms with Crippen LogP contribution >= 0.6 is 11.3 Å². The number of nitrogens with one attached hydrogen (secondary N) is 2. The van der Waals surface area contributed by atoms with E-state index in [1.165, 1.54) is 11.3 Å². The van der Waals surface area contributed by atoms with Crippen LogP contribution in [0.3, 0.4) is 0 Å². The molecule has 1 aliphatic carbocycles. The van der Waals surface area contributed by atoms with Crippen LogP contribution in [-0.2, 0) is 0 Å². The summed E-state index contributed by atoms with van der Waals surface area (Å²) in [4.78, 5) is 11.5. The fourth-order valence-electron chi connectivity index (χ4n) is 1.92. The lowest BCUT2D eigenvalue weighted by atomic mass is 10.2. The molecule has 1 aliphatic rings. The van der Waals surface area contributed by atoms with Crippen LogP contribution in [0.5, 0.6) is 0 Å². The van der Waals surface area contributed by atoms with Crippen molar-refractivity contribution < 1.29 is 9.21 Å². The summed E-state index contributed by atoms with van der Waals surface area (Å²) in [6, 6.07) is 3.63. The summed E-state index contributed by atoms with van der Waals surface area (Å²) in [6.45, 7) is 0.649. The molecule has 2 heterocycles. The zero-order valence-electron chi connectivity index (χ0n) is 9.50. The zero-order valence-corrected chi connectivity index (χ0v) is 10.3. The van der Waals surface area contributed by atoms with Gasteiger partial charge in [-0.05, 0) is 24.5 Å². The normalized spacial score (nSPS) is 21.6. The van der Waals surface area contributed by atoms with E-state index in [1.807, 2.05) is 12.1 Å². The van der Waals surface area contributed by atoms with Crippen molar-refractivity contribution in [2.75, 3.05) is 11.9 Å². The average molecular weight is 264 g/mol. The number of anilines is 1. The number of furan rings is 1. The van der Waals surface area contributed by atoms with Gasteiger partial charge in [-0.25, -0.2) is 4.79 Å². The summed E-state index contributed by atoms with van der Waals surface area (Å²) in [6.07, 6.45) is 2.74. The Balaban J connectivity index is 1.42. The first kappa shape index (κ1) is 11.2. The Morgan fingerprint density at radius 3 is 3.28 bits per heavy atom. The highest BCUT2D eigenvalue weighted by Crippen LogP contribution is 2.46. The fourth-order valence-corrected chi connectivity index (χ4v) is 2.36. The third-order valence-electron chi connectivity index (χ3n) is 2.94. The number of carbonyl (C=O) groups excluding carboxylic acids is 1. The molecule has 0 aromatic carbocycles. The topological polar surface area (TPSA) is 80.0 Å². The number of hydrogen-bond donors (Lipinski definition) is 2. The standard InChI is InChI=1S/C11H12N4O2S/c16-10(14-11-15-13-6-18-11)12-5-7-4-8(7)9-2-1-3-17-9/h1-3,6-8H,4-5H2,(H2,12,14,15,16)/t7-,8+/m0/s1. The fraction of sp³-hybridized carbons (Fsp3) is 0.364. The summed E-state index contributed by atoms with van der Waals surface area (Å²) in [7, 11) is 0. The molecule has 3 rings (SSSR count). The molecule has 2 amide bonds. The van der Waals surface area contributed by atoms with Crippen LogP contribution in [0.4, 0.5) is 9.93 Å². The Morgan fingerprint density at radius 2 is 2.56 bits per heavy atom. The summed E-state index contributed by atoms with van der Waals surface area (Å²) in [5, 5.41) is 13.3. The van der Waals surface area contributed by atoms with E-state index in [9.17, 15) is 4.79 Å². The van der Waals surface area contributed by atoms with Gasteiger partial charge in [-0.2, -0.15) is 0 Å². The molecule has 2 atom stereocenters. The van der Waals surface area contributed by atoms with Gasteiger partial charge in [0.05, 0.1) is 6.26 Å². The number of urea groups is 1. The van der Waals surface area contributed by atoms with Gasteiger partial charge in [-0.1, -0.05) is 11.3 Å². The number of rotatable bonds is 4. The van der Waals surface area contributed by atoms with Crippen LogP contribution in [0.1, 0.15) is 18.1 Å². The molecule has 0 aliphatic heterocycles. The summed E-state index contributed by atoms with van der Waals surface area (Å²) >= 11 is 1.29. The lowest BCUT2D eigenvalue weighted by molar-refractivity contribution is 0.251. The third-order valence-corrected chi connectivity index (χ3v) is 3.54. The van der Waals surface area contributed by atoms with Crippen LogP contribution in [0.25, 0.3) is 0 Å². The van der Waals surface area contributed by atoms with Gasteiger partial charge in [0.25, 0.3) is 0 Å². The molecule has 94 valence electrons. The van der Waals surface area contributed by atoms with Gasteiger partial charge in [0.1, 0.15) is 11.3 Å². The average Bonchev–Trinajstić information content (AvgIpc) is 2.83. The molecule has 6 nitrogen and oxygen atoms in total. The first-order valence-corrected chi connectivity index (χ1v) is 6.55. The van der Waals surface area contributed by atoms with Crippen LogP contribution in [-0.4, -0.2) is 22.8 Å². The van der Waals surface area contributed by atoms with Gasteiger partial charge in [-0.3, -0.25) is 5.32 Å². The van der Waals surface area contributed by atoms with Crippen molar-refractivity contribution >= 4 is 22.5 Å². The molecule has 2 aromatic heterocycles. The number of carbonyl (C=O) groups is 1. The van der Waals surface area contributed by atoms with Crippen LogP contribution in [0.2, 0.25) is 0 Å². The van der Waals surface area contributed by atoms with E-state index < -0.39 is 0 Å². The first-order valence-electron chi connectivity index (χ1n) is 5.67. The molecular weight excluding hydrogens is 252 g/mol. The molecule has 2 N–H and O–H groups in total. The Kier molecular flexibility index (Phi) is 2.97. The van der Waals surface area contributed by atoms with Crippen molar-refractivity contribution in [1.29, 1.82) is 0 Å². The molecule has 0 radical (unpaired) electrons. The van der Waals surface area contributed by atoms with E-state index >= 15 is 0 Å². The molecule has 18 heavy (non-hydrogen) atoms. The highest BCUT2D eigenvalue weighted by molar-refractivity contribution is 7.13. The van der Waals surface area contributed by atoms with E-state index in [2.05, 4.69) is 20.8 Å². The quantitative estimate of drug-likeness (QED) is 0.885. The van der Waals surface area contributed by atoms with Crippen LogP contribution < -0.4 is 10.6 Å². The maximum absolute atomic E-state index is 11.5. The van der Waals surface area contributed by atoms with Crippen molar-refractivity contribution in [2.45, 2.75) is 12.3 Å². The third kappa shape index (κ3) is 2.51. The lowest BCUT2D eigenvalue weighted by Gasteiger charge is -2.03. The number of nitrogens with zero attached hydrogens (tertiary/aromatic N) is 2. The minimum absolute atomic E-state index is 0.239. The van der Waals surface area contributed by atoms with Crippen molar-refractivity contribution in [3.8, 4) is 0 Å². The molecular formula is C11H12N4O2S. The predicted molar refractivity (Wildman–Crippen MR) is 66.5 cm³/mol. The van der Waals surface area contributed by atoms with E-state index in [0.29, 0.717) is 23.5 Å². The van der Waals surface area contributed by atoms with Crippen LogP contribution in [0, 0.1) is 5.92 Å². The molecule has 0 bridgehead atoms. The summed E-state index contributed by atoms with van der Waals surface area (Å²) < 4.78 is 5.33. The second-order valence-electron chi connectivity index (χ2n) is 4.20. The van der Waals surface area contributed by atoms with Crippen molar-refractivity contribution in [3.05, 3.63) is 29.7 Å². The molecule has 1 fully saturated rings. The lowest BCUT2D eigenvalue weighted by Crippen LogP contribution is -2.30. The minimum atomic E-state index is -0.239. The van der Waals surface area contributed by atoms with E-state index in [1.54, 1.807) is 11.8 Å². The number of aromatic nitrogens is 2. The zero-order chi connectivity index (χ0) is 12.4. The van der Waals surface area contributed by atoms with Gasteiger partial charge in [0.2, 0.25) is 5.13 Å². The smallest absolute Gasteiger partial charge is 0.321 e. The van der Waals surface area contributed by atoms with Gasteiger partial charge >= 0.3 is 6.03 Å². The predicted octanol–water partition coefficient (Wildman–Crippen LogP) is 2.06. The van der Waals surface area contributed by atoms with Gasteiger partial charge in [-0.15, -0.1) is 10.2 Å². The Hall–Kier alpha value is -1.89. The Morgan fingerprint density at radius 1 is 1.61 bits per heavy atom. The number of amides is 2. The second-order valence-corrected chi connectivity index (χ2v) is 5.03. The summed E-state index contributed by atoms with van der Waals surface area (Å²) in [5.41, 5.74) is 1.57. The van der Waals surface area contributed by atoms with E-state index in [4.69, 9.17) is 4.42 Å². The summed E-state index contributed by atoms with van der Waals surface area (Å²) in [5.74, 6) is 1.92. The largest absolute Gasteiger partial charge is 0.469 e. The van der Waals surface area contributed by atoms with E-state index in [0.717, 1.165) is 12.2 Å². The highest BCUT2D eigenvalue weighted by atomic mass is 32.1. The minimum Gasteiger partial charge on any atom is -0.469 e. The maximum Gasteiger partial charge on any atom is 0.321 e.